The maximum Gasteiger partial charge on any atom is 0.404 e. The number of fused-ring (bicyclic) bond motifs is 1. The number of nitrogens with one attached hydrogen (secondary N) is 2. The van der Waals surface area contributed by atoms with E-state index in [9.17, 15) is 18.0 Å². The normalized spacial score (nSPS) is 23.1. The van der Waals surface area contributed by atoms with E-state index in [0.717, 1.165) is 10.9 Å². The van der Waals surface area contributed by atoms with E-state index in [1.165, 1.54) is 11.9 Å². The van der Waals surface area contributed by atoms with Crippen molar-refractivity contribution in [2.24, 2.45) is 0 Å². The number of piperidine rings is 1. The summed E-state index contributed by atoms with van der Waals surface area (Å²) in [7, 11) is 1.45. The molecule has 1 fully saturated rings. The molecule has 2 aromatic rings. The summed E-state index contributed by atoms with van der Waals surface area (Å²) >= 11 is 0. The third-order valence-electron chi connectivity index (χ3n) is 4.37. The lowest BCUT2D eigenvalue weighted by Crippen LogP contribution is -2.54. The molecule has 0 spiro atoms. The minimum absolute atomic E-state index is 0.00233. The van der Waals surface area contributed by atoms with Crippen LogP contribution in [0.4, 0.5) is 13.2 Å². The van der Waals surface area contributed by atoms with Crippen molar-refractivity contribution in [1.82, 2.24) is 15.2 Å². The van der Waals surface area contributed by atoms with Crippen LogP contribution in [0.5, 0.6) is 0 Å². The Morgan fingerprint density at radius 1 is 1.30 bits per heavy atom. The Labute approximate surface area is 131 Å². The van der Waals surface area contributed by atoms with E-state index < -0.39 is 12.2 Å². The van der Waals surface area contributed by atoms with Gasteiger partial charge in [-0.1, -0.05) is 12.1 Å². The summed E-state index contributed by atoms with van der Waals surface area (Å²) in [5.41, 5.74) is 1.25. The quantitative estimate of drug-likeness (QED) is 0.892. The Bertz CT molecular complexity index is 710. The number of hydrogen-bond donors (Lipinski definition) is 2. The summed E-state index contributed by atoms with van der Waals surface area (Å²) < 4.78 is 38.6. The number of carbonyl (C=O) groups is 1. The maximum absolute atomic E-state index is 12.9. The second-order valence-electron chi connectivity index (χ2n) is 5.99. The van der Waals surface area contributed by atoms with Gasteiger partial charge in [0, 0.05) is 24.2 Å². The minimum atomic E-state index is -4.22. The predicted octanol–water partition coefficient (Wildman–Crippen LogP) is 2.92. The van der Waals surface area contributed by atoms with E-state index in [0.29, 0.717) is 12.0 Å². The van der Waals surface area contributed by atoms with Crippen molar-refractivity contribution in [1.29, 1.82) is 0 Å². The second kappa shape index (κ2) is 5.88. The van der Waals surface area contributed by atoms with Crippen molar-refractivity contribution >= 4 is 16.8 Å². The van der Waals surface area contributed by atoms with Crippen molar-refractivity contribution in [3.8, 4) is 0 Å². The molecule has 1 aliphatic heterocycles. The highest BCUT2D eigenvalue weighted by molar-refractivity contribution is 6.05. The molecular weight excluding hydrogens is 307 g/mol. The number of H-pyrrole nitrogens is 1. The lowest BCUT2D eigenvalue weighted by Gasteiger charge is -2.38. The number of hydrogen-bond acceptors (Lipinski definition) is 2. The Morgan fingerprint density at radius 2 is 2.09 bits per heavy atom. The molecule has 1 aromatic heterocycles. The van der Waals surface area contributed by atoms with E-state index in [1.54, 1.807) is 18.3 Å². The van der Waals surface area contributed by atoms with Crippen LogP contribution in [0.15, 0.2) is 30.5 Å². The molecule has 7 heteroatoms. The van der Waals surface area contributed by atoms with Gasteiger partial charge in [0.2, 0.25) is 0 Å². The van der Waals surface area contributed by atoms with Gasteiger partial charge in [-0.25, -0.2) is 0 Å². The molecule has 1 aromatic carbocycles. The molecule has 1 amide bonds. The standard InChI is InChI=1S/C16H18F3N3O/c1-22-9-11(5-6-13(22)16(17,18)19)21-15(23)12-4-2-3-10-7-8-20-14(10)12/h2-4,7-8,11,13,20H,5-6,9H2,1H3,(H,21,23)/t11-,13-/m0/s1. The van der Waals surface area contributed by atoms with Crippen LogP contribution in [-0.2, 0) is 0 Å². The average molecular weight is 325 g/mol. The van der Waals surface area contributed by atoms with E-state index in [1.807, 2.05) is 12.1 Å². The maximum atomic E-state index is 12.9. The van der Waals surface area contributed by atoms with Gasteiger partial charge in [0.15, 0.2) is 0 Å². The van der Waals surface area contributed by atoms with Gasteiger partial charge >= 0.3 is 6.18 Å². The highest BCUT2D eigenvalue weighted by Crippen LogP contribution is 2.31. The summed E-state index contributed by atoms with van der Waals surface area (Å²) in [4.78, 5) is 16.7. The third kappa shape index (κ3) is 3.19. The van der Waals surface area contributed by atoms with Crippen LogP contribution in [0.3, 0.4) is 0 Å². The average Bonchev–Trinajstić information content (AvgIpc) is 2.94. The monoisotopic (exact) mass is 325 g/mol. The number of likely N-dealkylation sites (N-methyl/N-ethyl adjacent to an activating group) is 1. The van der Waals surface area contributed by atoms with Gasteiger partial charge in [0.25, 0.3) is 5.91 Å². The van der Waals surface area contributed by atoms with Crippen LogP contribution >= 0.6 is 0 Å². The number of para-hydroxylation sites is 1. The molecule has 2 atom stereocenters. The topological polar surface area (TPSA) is 48.1 Å². The van der Waals surface area contributed by atoms with E-state index in [4.69, 9.17) is 0 Å². The third-order valence-corrected chi connectivity index (χ3v) is 4.37. The number of nitrogens with zero attached hydrogens (tertiary/aromatic N) is 1. The molecule has 0 bridgehead atoms. The van der Waals surface area contributed by atoms with Crippen LogP contribution in [0.25, 0.3) is 10.9 Å². The predicted molar refractivity (Wildman–Crippen MR) is 81.3 cm³/mol. The van der Waals surface area contributed by atoms with Gasteiger partial charge in [-0.3, -0.25) is 9.69 Å². The highest BCUT2D eigenvalue weighted by atomic mass is 19.4. The molecule has 124 valence electrons. The molecule has 23 heavy (non-hydrogen) atoms. The van der Waals surface area contributed by atoms with Crippen molar-refractivity contribution in [3.05, 3.63) is 36.0 Å². The summed E-state index contributed by atoms with van der Waals surface area (Å²) in [6.07, 6.45) is -2.15. The smallest absolute Gasteiger partial charge is 0.361 e. The lowest BCUT2D eigenvalue weighted by atomic mass is 9.98. The molecule has 0 radical (unpaired) electrons. The number of likely N-dealkylation sites (tertiary alicyclic amines) is 1. The van der Waals surface area contributed by atoms with Crippen molar-refractivity contribution in [2.45, 2.75) is 31.1 Å². The molecule has 2 heterocycles. The Hall–Kier alpha value is -2.02. The SMILES string of the molecule is CN1C[C@@H](NC(=O)c2cccc3cc[nH]c23)CC[C@H]1C(F)(F)F. The van der Waals surface area contributed by atoms with Gasteiger partial charge in [-0.05, 0) is 32.0 Å². The first-order valence-electron chi connectivity index (χ1n) is 7.50. The van der Waals surface area contributed by atoms with Gasteiger partial charge in [0.05, 0.1) is 11.1 Å². The number of amides is 1. The fourth-order valence-corrected chi connectivity index (χ4v) is 3.21. The summed E-state index contributed by atoms with van der Waals surface area (Å²) in [5, 5.41) is 3.78. The molecule has 0 aliphatic carbocycles. The zero-order valence-corrected chi connectivity index (χ0v) is 12.7. The lowest BCUT2D eigenvalue weighted by molar-refractivity contribution is -0.188. The highest BCUT2D eigenvalue weighted by Gasteiger charge is 2.44. The summed E-state index contributed by atoms with van der Waals surface area (Å²) in [6, 6.07) is 5.55. The number of aromatic amines is 1. The Kier molecular flexibility index (Phi) is 4.06. The van der Waals surface area contributed by atoms with E-state index in [-0.39, 0.29) is 24.9 Å². The van der Waals surface area contributed by atoms with Crippen LogP contribution < -0.4 is 5.32 Å². The number of carbonyl (C=O) groups excluding carboxylic acids is 1. The molecule has 1 saturated heterocycles. The fraction of sp³-hybridized carbons (Fsp3) is 0.438. The minimum Gasteiger partial charge on any atom is -0.361 e. The fourth-order valence-electron chi connectivity index (χ4n) is 3.21. The number of aromatic nitrogens is 1. The number of alkyl halides is 3. The molecule has 1 aliphatic rings. The number of rotatable bonds is 2. The molecule has 2 N–H and O–H groups in total. The molecule has 3 rings (SSSR count). The van der Waals surface area contributed by atoms with E-state index >= 15 is 0 Å². The van der Waals surface area contributed by atoms with Gasteiger partial charge in [-0.2, -0.15) is 13.2 Å². The molecule has 0 unspecified atom stereocenters. The van der Waals surface area contributed by atoms with Crippen molar-refractivity contribution in [2.75, 3.05) is 13.6 Å². The van der Waals surface area contributed by atoms with Crippen LogP contribution in [-0.4, -0.2) is 47.6 Å². The Morgan fingerprint density at radius 3 is 2.78 bits per heavy atom. The molecular formula is C16H18F3N3O. The van der Waals surface area contributed by atoms with Crippen LogP contribution in [0.1, 0.15) is 23.2 Å². The van der Waals surface area contributed by atoms with Gasteiger partial charge < -0.3 is 10.3 Å². The Balaban J connectivity index is 1.69. The number of halogens is 3. The van der Waals surface area contributed by atoms with E-state index in [2.05, 4.69) is 10.3 Å². The molecule has 4 nitrogen and oxygen atoms in total. The number of benzene rings is 1. The first kappa shape index (κ1) is 15.9. The van der Waals surface area contributed by atoms with Gasteiger partial charge in [0.1, 0.15) is 6.04 Å². The summed E-state index contributed by atoms with van der Waals surface area (Å²) in [5.74, 6) is -0.262. The first-order valence-corrected chi connectivity index (χ1v) is 7.50. The molecule has 0 saturated carbocycles. The van der Waals surface area contributed by atoms with Crippen molar-refractivity contribution < 1.29 is 18.0 Å². The zero-order chi connectivity index (χ0) is 16.6. The largest absolute Gasteiger partial charge is 0.404 e. The van der Waals surface area contributed by atoms with Crippen LogP contribution in [0, 0.1) is 0 Å². The van der Waals surface area contributed by atoms with Crippen molar-refractivity contribution in [3.63, 3.8) is 0 Å². The first-order chi connectivity index (χ1) is 10.9. The van der Waals surface area contributed by atoms with Crippen LogP contribution in [0.2, 0.25) is 0 Å². The second-order valence-corrected chi connectivity index (χ2v) is 5.99. The summed E-state index contributed by atoms with van der Waals surface area (Å²) in [6.45, 7) is 0.191. The van der Waals surface area contributed by atoms with Gasteiger partial charge in [-0.15, -0.1) is 0 Å². The zero-order valence-electron chi connectivity index (χ0n) is 12.7.